The summed E-state index contributed by atoms with van der Waals surface area (Å²) in [6.45, 7) is 1.34. The lowest BCUT2D eigenvalue weighted by atomic mass is 9.80. The molecule has 0 unspecified atom stereocenters. The second-order valence-electron chi connectivity index (χ2n) is 4.70. The van der Waals surface area contributed by atoms with E-state index in [9.17, 15) is 4.79 Å². The zero-order valence-corrected chi connectivity index (χ0v) is 9.78. The molecule has 2 aliphatic rings. The van der Waals surface area contributed by atoms with E-state index in [-0.39, 0.29) is 11.7 Å². The molecule has 1 heterocycles. The van der Waals surface area contributed by atoms with Gasteiger partial charge in [0.1, 0.15) is 0 Å². The summed E-state index contributed by atoms with van der Waals surface area (Å²) < 4.78 is 11.1. The molecule has 1 aromatic rings. The fourth-order valence-corrected chi connectivity index (χ4v) is 2.22. The lowest BCUT2D eigenvalue weighted by Crippen LogP contribution is -2.21. The van der Waals surface area contributed by atoms with Gasteiger partial charge < -0.3 is 9.47 Å². The average molecular weight is 232 g/mol. The van der Waals surface area contributed by atoms with E-state index in [4.69, 9.17) is 9.47 Å². The molecular weight excluding hydrogens is 216 g/mol. The number of Topliss-reactive ketones (excluding diaryl/α,β-unsaturated/α-hetero) is 1. The molecule has 1 aromatic carbocycles. The Morgan fingerprint density at radius 2 is 1.82 bits per heavy atom. The van der Waals surface area contributed by atoms with E-state index in [0.29, 0.717) is 19.0 Å². The Kier molecular flexibility index (Phi) is 2.75. The summed E-state index contributed by atoms with van der Waals surface area (Å²) in [6, 6.07) is 5.54. The van der Waals surface area contributed by atoms with Crippen LogP contribution in [0.1, 0.15) is 36.0 Å². The van der Waals surface area contributed by atoms with Gasteiger partial charge in [0, 0.05) is 17.9 Å². The average Bonchev–Trinajstić information content (AvgIpc) is 2.50. The topological polar surface area (TPSA) is 35.5 Å². The number of fused-ring (bicyclic) bond motifs is 1. The van der Waals surface area contributed by atoms with Crippen LogP contribution in [0.5, 0.6) is 11.5 Å². The Hall–Kier alpha value is -1.51. The number of hydrogen-bond donors (Lipinski definition) is 0. The maximum absolute atomic E-state index is 12.1. The van der Waals surface area contributed by atoms with Gasteiger partial charge in [0.25, 0.3) is 0 Å². The summed E-state index contributed by atoms with van der Waals surface area (Å²) in [7, 11) is 0. The first-order valence-electron chi connectivity index (χ1n) is 6.28. The number of ether oxygens (including phenoxy) is 2. The van der Waals surface area contributed by atoms with Gasteiger partial charge >= 0.3 is 0 Å². The predicted octanol–water partition coefficient (Wildman–Crippen LogP) is 2.83. The molecule has 0 amide bonds. The normalized spacial score (nSPS) is 19.3. The standard InChI is InChI=1S/C14H16O3/c15-14(10-3-1-4-10)11-5-6-12-13(9-11)17-8-2-7-16-12/h5-6,9-10H,1-4,7-8H2. The minimum absolute atomic E-state index is 0.236. The van der Waals surface area contributed by atoms with Gasteiger partial charge in [0.05, 0.1) is 13.2 Å². The molecule has 0 atom stereocenters. The third kappa shape index (κ3) is 2.02. The molecule has 0 aromatic heterocycles. The van der Waals surface area contributed by atoms with Gasteiger partial charge in [0.15, 0.2) is 17.3 Å². The SMILES string of the molecule is O=C(c1ccc2c(c1)OCCCO2)C1CCC1. The van der Waals surface area contributed by atoms with Crippen LogP contribution in [-0.2, 0) is 0 Å². The summed E-state index contributed by atoms with van der Waals surface area (Å²) in [5.74, 6) is 1.96. The smallest absolute Gasteiger partial charge is 0.166 e. The molecule has 1 fully saturated rings. The minimum Gasteiger partial charge on any atom is -0.490 e. The Balaban J connectivity index is 1.86. The highest BCUT2D eigenvalue weighted by molar-refractivity contribution is 5.98. The Morgan fingerprint density at radius 1 is 1.06 bits per heavy atom. The van der Waals surface area contributed by atoms with Crippen molar-refractivity contribution in [2.24, 2.45) is 5.92 Å². The monoisotopic (exact) mass is 232 g/mol. The molecule has 0 bridgehead atoms. The van der Waals surface area contributed by atoms with Crippen LogP contribution in [0.25, 0.3) is 0 Å². The molecule has 0 radical (unpaired) electrons. The van der Waals surface area contributed by atoms with E-state index >= 15 is 0 Å². The second kappa shape index (κ2) is 4.40. The number of hydrogen-bond acceptors (Lipinski definition) is 3. The molecule has 3 rings (SSSR count). The zero-order valence-electron chi connectivity index (χ0n) is 9.78. The maximum Gasteiger partial charge on any atom is 0.166 e. The van der Waals surface area contributed by atoms with Gasteiger partial charge in [-0.25, -0.2) is 0 Å². The molecule has 1 aliphatic carbocycles. The van der Waals surface area contributed by atoms with Crippen LogP contribution in [-0.4, -0.2) is 19.0 Å². The Morgan fingerprint density at radius 3 is 2.53 bits per heavy atom. The summed E-state index contributed by atoms with van der Waals surface area (Å²) in [5, 5.41) is 0. The maximum atomic E-state index is 12.1. The molecular formula is C14H16O3. The van der Waals surface area contributed by atoms with E-state index in [1.807, 2.05) is 18.2 Å². The Labute approximate surface area is 101 Å². The van der Waals surface area contributed by atoms with Crippen LogP contribution < -0.4 is 9.47 Å². The highest BCUT2D eigenvalue weighted by atomic mass is 16.5. The summed E-state index contributed by atoms with van der Waals surface area (Å²) in [4.78, 5) is 12.1. The lowest BCUT2D eigenvalue weighted by molar-refractivity contribution is 0.0855. The Bertz CT molecular complexity index is 435. The van der Waals surface area contributed by atoms with Crippen molar-refractivity contribution < 1.29 is 14.3 Å². The lowest BCUT2D eigenvalue weighted by Gasteiger charge is -2.24. The summed E-state index contributed by atoms with van der Waals surface area (Å²) in [5.41, 5.74) is 0.763. The molecule has 3 nitrogen and oxygen atoms in total. The van der Waals surface area contributed by atoms with Crippen molar-refractivity contribution in [1.82, 2.24) is 0 Å². The van der Waals surface area contributed by atoms with Gasteiger partial charge in [-0.3, -0.25) is 4.79 Å². The van der Waals surface area contributed by atoms with Gasteiger partial charge in [-0.05, 0) is 31.0 Å². The van der Waals surface area contributed by atoms with Gasteiger partial charge in [-0.1, -0.05) is 6.42 Å². The number of carbonyl (C=O) groups is 1. The fourth-order valence-electron chi connectivity index (χ4n) is 2.22. The second-order valence-corrected chi connectivity index (χ2v) is 4.70. The van der Waals surface area contributed by atoms with Crippen LogP contribution in [0.4, 0.5) is 0 Å². The van der Waals surface area contributed by atoms with E-state index in [1.54, 1.807) is 0 Å². The van der Waals surface area contributed by atoms with Crippen molar-refractivity contribution in [3.63, 3.8) is 0 Å². The fraction of sp³-hybridized carbons (Fsp3) is 0.500. The van der Waals surface area contributed by atoms with E-state index in [1.165, 1.54) is 6.42 Å². The molecule has 1 aliphatic heterocycles. The first-order chi connectivity index (χ1) is 8.34. The predicted molar refractivity (Wildman–Crippen MR) is 63.7 cm³/mol. The first kappa shape index (κ1) is 10.6. The summed E-state index contributed by atoms with van der Waals surface area (Å²) >= 11 is 0. The third-order valence-electron chi connectivity index (χ3n) is 3.51. The van der Waals surface area contributed by atoms with Crippen LogP contribution in [0.3, 0.4) is 0 Å². The largest absolute Gasteiger partial charge is 0.490 e. The quantitative estimate of drug-likeness (QED) is 0.735. The first-order valence-corrected chi connectivity index (χ1v) is 6.28. The minimum atomic E-state index is 0.236. The highest BCUT2D eigenvalue weighted by Gasteiger charge is 2.27. The van der Waals surface area contributed by atoms with Crippen LogP contribution in [0.2, 0.25) is 0 Å². The van der Waals surface area contributed by atoms with Crippen molar-refractivity contribution in [3.05, 3.63) is 23.8 Å². The number of carbonyl (C=O) groups excluding carboxylic acids is 1. The molecule has 17 heavy (non-hydrogen) atoms. The number of ketones is 1. The van der Waals surface area contributed by atoms with Crippen LogP contribution in [0.15, 0.2) is 18.2 Å². The molecule has 0 N–H and O–H groups in total. The number of rotatable bonds is 2. The zero-order chi connectivity index (χ0) is 11.7. The van der Waals surface area contributed by atoms with Crippen molar-refractivity contribution in [3.8, 4) is 11.5 Å². The van der Waals surface area contributed by atoms with E-state index in [2.05, 4.69) is 0 Å². The molecule has 1 saturated carbocycles. The van der Waals surface area contributed by atoms with E-state index < -0.39 is 0 Å². The third-order valence-corrected chi connectivity index (χ3v) is 3.51. The number of benzene rings is 1. The van der Waals surface area contributed by atoms with Crippen molar-refractivity contribution in [1.29, 1.82) is 0 Å². The van der Waals surface area contributed by atoms with Gasteiger partial charge in [-0.2, -0.15) is 0 Å². The van der Waals surface area contributed by atoms with Crippen molar-refractivity contribution >= 4 is 5.78 Å². The summed E-state index contributed by atoms with van der Waals surface area (Å²) in [6.07, 6.45) is 4.14. The molecule has 0 saturated heterocycles. The van der Waals surface area contributed by atoms with Crippen molar-refractivity contribution in [2.75, 3.05) is 13.2 Å². The van der Waals surface area contributed by atoms with Crippen molar-refractivity contribution in [2.45, 2.75) is 25.7 Å². The molecule has 90 valence electrons. The molecule has 3 heteroatoms. The van der Waals surface area contributed by atoms with E-state index in [0.717, 1.165) is 30.6 Å². The van der Waals surface area contributed by atoms with Gasteiger partial charge in [0.2, 0.25) is 0 Å². The molecule has 0 spiro atoms. The van der Waals surface area contributed by atoms with Gasteiger partial charge in [-0.15, -0.1) is 0 Å². The highest BCUT2D eigenvalue weighted by Crippen LogP contribution is 2.34. The van der Waals surface area contributed by atoms with Crippen LogP contribution >= 0.6 is 0 Å². The van der Waals surface area contributed by atoms with Crippen LogP contribution in [0, 0.1) is 5.92 Å².